The largest absolute Gasteiger partial charge is 0.512 e. The van der Waals surface area contributed by atoms with Crippen LogP contribution in [0, 0.1) is 18.3 Å². The van der Waals surface area contributed by atoms with Crippen molar-refractivity contribution in [3.05, 3.63) is 82.4 Å². The summed E-state index contributed by atoms with van der Waals surface area (Å²) < 4.78 is 10.9. The van der Waals surface area contributed by atoms with Crippen LogP contribution in [0.1, 0.15) is 23.1 Å². The molecule has 1 aromatic heterocycles. The van der Waals surface area contributed by atoms with Crippen LogP contribution in [0.2, 0.25) is 5.02 Å². The number of para-hydroxylation sites is 1. The van der Waals surface area contributed by atoms with Crippen LogP contribution in [0.15, 0.2) is 60.7 Å². The molecular formula is C26H21ClN2O4. The lowest BCUT2D eigenvalue weighted by Gasteiger charge is -2.09. The number of nitriles is 1. The third-order valence-corrected chi connectivity index (χ3v) is 5.76. The average Bonchev–Trinajstić information content (AvgIpc) is 3.13. The summed E-state index contributed by atoms with van der Waals surface area (Å²) in [5.41, 5.74) is 5.03. The molecule has 166 valence electrons. The smallest absolute Gasteiger partial charge is 0.492 e. The third kappa shape index (κ3) is 4.64. The Balaban J connectivity index is 1.62. The minimum Gasteiger partial charge on any atom is -0.492 e. The van der Waals surface area contributed by atoms with Crippen molar-refractivity contribution < 1.29 is 19.4 Å². The van der Waals surface area contributed by atoms with Crippen molar-refractivity contribution in [3.63, 3.8) is 0 Å². The molecule has 0 bridgehead atoms. The van der Waals surface area contributed by atoms with E-state index in [-0.39, 0.29) is 5.88 Å². The molecule has 0 saturated heterocycles. The number of aromatic nitrogens is 1. The summed E-state index contributed by atoms with van der Waals surface area (Å²) in [5, 5.41) is 19.8. The monoisotopic (exact) mass is 460 g/mol. The van der Waals surface area contributed by atoms with E-state index in [2.05, 4.69) is 11.1 Å². The van der Waals surface area contributed by atoms with Gasteiger partial charge in [0, 0.05) is 16.5 Å². The maximum absolute atomic E-state index is 11.3. The maximum Gasteiger partial charge on any atom is 0.512 e. The average molecular weight is 461 g/mol. The van der Waals surface area contributed by atoms with Gasteiger partial charge in [-0.15, -0.1) is 0 Å². The van der Waals surface area contributed by atoms with Crippen LogP contribution < -0.4 is 9.47 Å². The van der Waals surface area contributed by atoms with E-state index in [1.54, 1.807) is 18.2 Å². The molecule has 1 heterocycles. The van der Waals surface area contributed by atoms with Gasteiger partial charge in [-0.3, -0.25) is 0 Å². The van der Waals surface area contributed by atoms with E-state index in [9.17, 15) is 15.2 Å². The second-order valence-electron chi connectivity index (χ2n) is 7.52. The summed E-state index contributed by atoms with van der Waals surface area (Å²) in [6, 6.07) is 21.0. The number of hydrogen-bond donors (Lipinski definition) is 2. The highest BCUT2D eigenvalue weighted by Gasteiger charge is 2.18. The van der Waals surface area contributed by atoms with Gasteiger partial charge in [0.15, 0.2) is 0 Å². The van der Waals surface area contributed by atoms with Crippen LogP contribution >= 0.6 is 11.6 Å². The van der Waals surface area contributed by atoms with E-state index in [4.69, 9.17) is 21.1 Å². The molecule has 3 aromatic carbocycles. The fraction of sp³-hybridized carbons (Fsp3) is 0.154. The Hall–Kier alpha value is -3.95. The Kier molecular flexibility index (Phi) is 6.53. The summed E-state index contributed by atoms with van der Waals surface area (Å²) in [4.78, 5) is 14.5. The molecular weight excluding hydrogens is 440 g/mol. The molecule has 33 heavy (non-hydrogen) atoms. The number of fused-ring (bicyclic) bond motifs is 1. The Bertz CT molecular complexity index is 1370. The first-order chi connectivity index (χ1) is 16.0. The lowest BCUT2D eigenvalue weighted by Crippen LogP contribution is -2.06. The van der Waals surface area contributed by atoms with Crippen LogP contribution in [0.3, 0.4) is 0 Å². The zero-order chi connectivity index (χ0) is 23.4. The summed E-state index contributed by atoms with van der Waals surface area (Å²) in [6.07, 6.45) is -0.286. The van der Waals surface area contributed by atoms with Gasteiger partial charge in [-0.1, -0.05) is 60.1 Å². The van der Waals surface area contributed by atoms with Gasteiger partial charge in [-0.25, -0.2) is 4.79 Å². The molecule has 6 nitrogen and oxygen atoms in total. The molecule has 7 heteroatoms. The second-order valence-corrected chi connectivity index (χ2v) is 7.93. The summed E-state index contributed by atoms with van der Waals surface area (Å²) >= 11 is 6.06. The number of benzene rings is 3. The van der Waals surface area contributed by atoms with Crippen molar-refractivity contribution in [2.75, 3.05) is 6.61 Å². The number of aryl methyl sites for hydroxylation is 2. The number of ether oxygens (including phenoxy) is 2. The second kappa shape index (κ2) is 9.68. The highest BCUT2D eigenvalue weighted by Crippen LogP contribution is 2.36. The molecule has 0 unspecified atom stereocenters. The standard InChI is InChI=1S/C26H21ClN2O4/c1-16-7-2-3-8-17(16)18-9-4-10-19-20(25(29-24(18)19)33-26(30)31)11-6-14-32-23-13-5-12-22(27)21(23)15-28/h2-5,7-10,12-13,29H,6,11,14H2,1H3,(H,30,31). The molecule has 0 amide bonds. The lowest BCUT2D eigenvalue weighted by atomic mass is 9.97. The molecule has 4 rings (SSSR count). The first-order valence-corrected chi connectivity index (χ1v) is 10.8. The lowest BCUT2D eigenvalue weighted by molar-refractivity contribution is 0.142. The first-order valence-electron chi connectivity index (χ1n) is 10.4. The van der Waals surface area contributed by atoms with Crippen LogP contribution in [0.5, 0.6) is 11.6 Å². The van der Waals surface area contributed by atoms with Crippen molar-refractivity contribution in [1.29, 1.82) is 5.26 Å². The van der Waals surface area contributed by atoms with Gasteiger partial charge in [-0.2, -0.15) is 5.26 Å². The van der Waals surface area contributed by atoms with Gasteiger partial charge in [-0.05, 0) is 43.0 Å². The van der Waals surface area contributed by atoms with E-state index >= 15 is 0 Å². The number of aromatic amines is 1. The van der Waals surface area contributed by atoms with Crippen molar-refractivity contribution in [1.82, 2.24) is 4.98 Å². The number of nitrogens with zero attached hydrogens (tertiary/aromatic N) is 1. The van der Waals surface area contributed by atoms with E-state index in [1.165, 1.54) is 0 Å². The highest BCUT2D eigenvalue weighted by molar-refractivity contribution is 6.31. The topological polar surface area (TPSA) is 95.3 Å². The fourth-order valence-electron chi connectivity index (χ4n) is 3.94. The van der Waals surface area contributed by atoms with Crippen LogP contribution in [0.4, 0.5) is 4.79 Å². The van der Waals surface area contributed by atoms with E-state index in [0.29, 0.717) is 35.8 Å². The molecule has 0 atom stereocenters. The Morgan fingerprint density at radius 1 is 1.09 bits per heavy atom. The number of carbonyl (C=O) groups is 1. The molecule has 4 aromatic rings. The van der Waals surface area contributed by atoms with Gasteiger partial charge in [0.1, 0.15) is 17.4 Å². The van der Waals surface area contributed by atoms with Crippen molar-refractivity contribution in [2.45, 2.75) is 19.8 Å². The van der Waals surface area contributed by atoms with Gasteiger partial charge < -0.3 is 19.6 Å². The SMILES string of the molecule is Cc1ccccc1-c1cccc2c(CCCOc3cccc(Cl)c3C#N)c(OC(=O)O)[nH]c12. The van der Waals surface area contributed by atoms with Gasteiger partial charge in [0.25, 0.3) is 0 Å². The molecule has 2 N–H and O–H groups in total. The van der Waals surface area contributed by atoms with Gasteiger partial charge in [0.05, 0.1) is 17.1 Å². The number of H-pyrrole nitrogens is 1. The van der Waals surface area contributed by atoms with E-state index in [1.807, 2.05) is 49.4 Å². The number of halogens is 1. The number of hydrogen-bond acceptors (Lipinski definition) is 4. The number of nitrogens with one attached hydrogen (secondary N) is 1. The Morgan fingerprint density at radius 2 is 1.85 bits per heavy atom. The van der Waals surface area contributed by atoms with Gasteiger partial charge >= 0.3 is 6.16 Å². The Morgan fingerprint density at radius 3 is 2.61 bits per heavy atom. The molecule has 0 saturated carbocycles. The fourth-order valence-corrected chi connectivity index (χ4v) is 4.14. The van der Waals surface area contributed by atoms with Crippen molar-refractivity contribution in [2.24, 2.45) is 0 Å². The van der Waals surface area contributed by atoms with E-state index in [0.717, 1.165) is 33.2 Å². The molecule has 0 radical (unpaired) electrons. The highest BCUT2D eigenvalue weighted by atomic mass is 35.5. The summed E-state index contributed by atoms with van der Waals surface area (Å²) in [7, 11) is 0. The molecule has 0 fully saturated rings. The quantitative estimate of drug-likeness (QED) is 0.235. The van der Waals surface area contributed by atoms with Crippen LogP contribution in [-0.4, -0.2) is 22.9 Å². The predicted molar refractivity (Wildman–Crippen MR) is 127 cm³/mol. The number of rotatable bonds is 7. The minimum atomic E-state index is -1.38. The zero-order valence-electron chi connectivity index (χ0n) is 17.9. The van der Waals surface area contributed by atoms with Crippen LogP contribution in [0.25, 0.3) is 22.0 Å². The molecule has 0 aliphatic carbocycles. The third-order valence-electron chi connectivity index (χ3n) is 5.44. The van der Waals surface area contributed by atoms with Gasteiger partial charge in [0.2, 0.25) is 5.88 Å². The minimum absolute atomic E-state index is 0.207. The summed E-state index contributed by atoms with van der Waals surface area (Å²) in [6.45, 7) is 2.36. The predicted octanol–water partition coefficient (Wildman–Crippen LogP) is 6.74. The molecule has 0 aliphatic heterocycles. The number of carboxylic acid groups (broad SMARTS) is 1. The molecule has 0 aliphatic rings. The molecule has 0 spiro atoms. The Labute approximate surface area is 196 Å². The zero-order valence-corrected chi connectivity index (χ0v) is 18.6. The summed E-state index contributed by atoms with van der Waals surface area (Å²) in [5.74, 6) is 0.631. The normalized spacial score (nSPS) is 10.7. The van der Waals surface area contributed by atoms with Crippen molar-refractivity contribution >= 4 is 28.7 Å². The maximum atomic E-state index is 11.3. The van der Waals surface area contributed by atoms with Crippen molar-refractivity contribution in [3.8, 4) is 28.8 Å². The first kappa shape index (κ1) is 22.3. The van der Waals surface area contributed by atoms with E-state index < -0.39 is 6.16 Å². The van der Waals surface area contributed by atoms with Crippen LogP contribution in [-0.2, 0) is 6.42 Å².